The molecule has 2 aromatic heterocycles. The summed E-state index contributed by atoms with van der Waals surface area (Å²) in [6, 6.07) is 11.2. The average Bonchev–Trinajstić information content (AvgIpc) is 2.76. The molecule has 34 heavy (non-hydrogen) atoms. The van der Waals surface area contributed by atoms with E-state index in [9.17, 15) is 18.8 Å². The minimum atomic E-state index is -1.16. The molecule has 0 aliphatic heterocycles. The molecule has 4 rings (SSSR count). The molecule has 0 amide bonds. The second-order valence-electron chi connectivity index (χ2n) is 7.51. The molecule has 0 fully saturated rings. The molecule has 1 N–H and O–H groups in total. The molecule has 8 nitrogen and oxygen atoms in total. The van der Waals surface area contributed by atoms with Gasteiger partial charge in [0.2, 0.25) is 0 Å². The third-order valence-electron chi connectivity index (χ3n) is 4.84. The number of aromatic amines is 1. The number of aryl methyl sites for hydroxylation is 2. The SMILES string of the molecule is Cc1cc(C)cc(-n2cc(Oc3c(Cl)cc(-n4nc(CF)c(=O)[nH]c4=O)cc3Cl)ccc2=O)c1. The molecule has 0 atom stereocenters. The molecule has 0 saturated carbocycles. The van der Waals surface area contributed by atoms with E-state index < -0.39 is 23.6 Å². The van der Waals surface area contributed by atoms with Gasteiger partial charge in [0.25, 0.3) is 11.1 Å². The van der Waals surface area contributed by atoms with Crippen LogP contribution in [-0.4, -0.2) is 19.3 Å². The van der Waals surface area contributed by atoms with Crippen LogP contribution in [0.15, 0.2) is 63.0 Å². The lowest BCUT2D eigenvalue weighted by molar-refractivity contribution is 0.460. The van der Waals surface area contributed by atoms with Gasteiger partial charge < -0.3 is 4.74 Å². The fourth-order valence-electron chi connectivity index (χ4n) is 3.40. The number of nitrogens with one attached hydrogen (secondary N) is 1. The average molecular weight is 503 g/mol. The van der Waals surface area contributed by atoms with E-state index in [1.165, 1.54) is 35.0 Å². The van der Waals surface area contributed by atoms with Gasteiger partial charge in [-0.15, -0.1) is 0 Å². The maximum Gasteiger partial charge on any atom is 0.349 e. The topological polar surface area (TPSA) is 99.0 Å². The van der Waals surface area contributed by atoms with Crippen LogP contribution < -0.4 is 21.5 Å². The lowest BCUT2D eigenvalue weighted by Crippen LogP contribution is -2.33. The van der Waals surface area contributed by atoms with Crippen LogP contribution in [-0.2, 0) is 6.67 Å². The van der Waals surface area contributed by atoms with Crippen molar-refractivity contribution < 1.29 is 9.13 Å². The smallest absolute Gasteiger partial charge is 0.349 e. The van der Waals surface area contributed by atoms with Gasteiger partial charge in [0, 0.05) is 11.8 Å². The van der Waals surface area contributed by atoms with Crippen LogP contribution in [0, 0.1) is 13.8 Å². The molecule has 0 aliphatic carbocycles. The predicted octanol–water partition coefficient (Wildman–Crippen LogP) is 4.26. The first-order valence-corrected chi connectivity index (χ1v) is 10.7. The molecule has 2 aromatic carbocycles. The van der Waals surface area contributed by atoms with E-state index in [0.717, 1.165) is 15.8 Å². The zero-order chi connectivity index (χ0) is 24.6. The van der Waals surface area contributed by atoms with Crippen molar-refractivity contribution in [2.45, 2.75) is 20.5 Å². The van der Waals surface area contributed by atoms with Crippen LogP contribution in [0.3, 0.4) is 0 Å². The van der Waals surface area contributed by atoms with Gasteiger partial charge in [0.05, 0.1) is 21.9 Å². The largest absolute Gasteiger partial charge is 0.453 e. The molecule has 0 spiro atoms. The number of benzene rings is 2. The first kappa shape index (κ1) is 23.5. The fourth-order valence-corrected chi connectivity index (χ4v) is 3.95. The van der Waals surface area contributed by atoms with Crippen molar-refractivity contribution in [1.82, 2.24) is 19.3 Å². The van der Waals surface area contributed by atoms with Crippen LogP contribution in [0.4, 0.5) is 4.39 Å². The Labute approximate surface area is 201 Å². The molecule has 4 aromatic rings. The molecule has 0 unspecified atom stereocenters. The minimum Gasteiger partial charge on any atom is -0.453 e. The first-order valence-electron chi connectivity index (χ1n) is 9.93. The van der Waals surface area contributed by atoms with Gasteiger partial charge in [0.1, 0.15) is 12.4 Å². The Balaban J connectivity index is 1.73. The van der Waals surface area contributed by atoms with Gasteiger partial charge in [-0.3, -0.25) is 19.1 Å². The van der Waals surface area contributed by atoms with Crippen LogP contribution in [0.2, 0.25) is 10.0 Å². The summed E-state index contributed by atoms with van der Waals surface area (Å²) < 4.78 is 21.1. The zero-order valence-electron chi connectivity index (χ0n) is 17.9. The third-order valence-corrected chi connectivity index (χ3v) is 5.40. The number of pyridine rings is 1. The van der Waals surface area contributed by atoms with Crippen LogP contribution in [0.25, 0.3) is 11.4 Å². The van der Waals surface area contributed by atoms with E-state index in [-0.39, 0.29) is 32.8 Å². The number of rotatable bonds is 5. The maximum absolute atomic E-state index is 13.0. The first-order chi connectivity index (χ1) is 16.2. The lowest BCUT2D eigenvalue weighted by atomic mass is 10.1. The summed E-state index contributed by atoms with van der Waals surface area (Å²) in [5.74, 6) is 0.357. The van der Waals surface area contributed by atoms with Gasteiger partial charge >= 0.3 is 5.69 Å². The summed E-state index contributed by atoms with van der Waals surface area (Å²) in [6.07, 6.45) is 1.51. The zero-order valence-corrected chi connectivity index (χ0v) is 19.4. The molecule has 11 heteroatoms. The van der Waals surface area contributed by atoms with E-state index in [1.54, 1.807) is 0 Å². The highest BCUT2D eigenvalue weighted by molar-refractivity contribution is 6.37. The number of aromatic nitrogens is 4. The molecule has 0 aliphatic rings. The highest BCUT2D eigenvalue weighted by Gasteiger charge is 2.16. The Morgan fingerprint density at radius 2 is 1.62 bits per heavy atom. The van der Waals surface area contributed by atoms with E-state index in [2.05, 4.69) is 5.10 Å². The number of nitrogens with zero attached hydrogens (tertiary/aromatic N) is 3. The standard InChI is InChI=1S/C23H17Cl2FN4O4/c1-12-5-13(2)7-14(6-12)29-11-16(3-4-20(29)31)34-21-17(24)8-15(9-18(21)25)30-23(33)27-22(32)19(10-26)28-30/h3-9,11H,10H2,1-2H3,(H,27,32,33). The van der Waals surface area contributed by atoms with Gasteiger partial charge in [-0.2, -0.15) is 9.78 Å². The molecule has 0 bridgehead atoms. The summed E-state index contributed by atoms with van der Waals surface area (Å²) in [4.78, 5) is 38.1. The van der Waals surface area contributed by atoms with Gasteiger partial charge in [-0.1, -0.05) is 29.3 Å². The Morgan fingerprint density at radius 1 is 0.971 bits per heavy atom. The second-order valence-corrected chi connectivity index (χ2v) is 8.33. The second kappa shape index (κ2) is 9.28. The maximum atomic E-state index is 13.0. The molecular weight excluding hydrogens is 486 g/mol. The lowest BCUT2D eigenvalue weighted by Gasteiger charge is -2.14. The molecule has 174 valence electrons. The van der Waals surface area contributed by atoms with Crippen molar-refractivity contribution >= 4 is 23.2 Å². The molecule has 0 saturated heterocycles. The van der Waals surface area contributed by atoms with E-state index in [4.69, 9.17) is 27.9 Å². The predicted molar refractivity (Wildman–Crippen MR) is 127 cm³/mol. The number of halogens is 3. The summed E-state index contributed by atoms with van der Waals surface area (Å²) in [5.41, 5.74) is 0.237. The minimum absolute atomic E-state index is 0.0216. The number of hydrogen-bond acceptors (Lipinski definition) is 5. The van der Waals surface area contributed by atoms with E-state index >= 15 is 0 Å². The van der Waals surface area contributed by atoms with Crippen molar-refractivity contribution in [2.24, 2.45) is 0 Å². The highest BCUT2D eigenvalue weighted by Crippen LogP contribution is 2.38. The fraction of sp³-hybridized carbons (Fsp3) is 0.130. The van der Waals surface area contributed by atoms with Crippen LogP contribution in [0.1, 0.15) is 16.8 Å². The van der Waals surface area contributed by atoms with Crippen LogP contribution >= 0.6 is 23.2 Å². The van der Waals surface area contributed by atoms with Crippen molar-refractivity contribution in [3.05, 3.63) is 107 Å². The van der Waals surface area contributed by atoms with Crippen molar-refractivity contribution in [3.8, 4) is 22.9 Å². The number of ether oxygens (including phenoxy) is 1. The monoisotopic (exact) mass is 502 g/mol. The van der Waals surface area contributed by atoms with Gasteiger partial charge in [0.15, 0.2) is 11.4 Å². The number of hydrogen-bond donors (Lipinski definition) is 1. The highest BCUT2D eigenvalue weighted by atomic mass is 35.5. The molecule has 0 radical (unpaired) electrons. The van der Waals surface area contributed by atoms with Gasteiger partial charge in [-0.05, 0) is 55.3 Å². The Hall–Kier alpha value is -3.69. The quantitative estimate of drug-likeness (QED) is 0.439. The van der Waals surface area contributed by atoms with Crippen molar-refractivity contribution in [1.29, 1.82) is 0 Å². The Bertz CT molecular complexity index is 1550. The summed E-state index contributed by atoms with van der Waals surface area (Å²) in [5, 5.41) is 3.76. The summed E-state index contributed by atoms with van der Waals surface area (Å²) >= 11 is 12.7. The summed E-state index contributed by atoms with van der Waals surface area (Å²) in [7, 11) is 0. The molecular formula is C23H17Cl2FN4O4. The van der Waals surface area contributed by atoms with Gasteiger partial charge in [-0.25, -0.2) is 9.18 Å². The van der Waals surface area contributed by atoms with Crippen molar-refractivity contribution in [3.63, 3.8) is 0 Å². The molecule has 2 heterocycles. The number of H-pyrrole nitrogens is 1. The van der Waals surface area contributed by atoms with E-state index in [0.29, 0.717) is 5.69 Å². The van der Waals surface area contributed by atoms with Crippen LogP contribution in [0.5, 0.6) is 11.5 Å². The normalized spacial score (nSPS) is 11.0. The summed E-state index contributed by atoms with van der Waals surface area (Å²) in [6.45, 7) is 2.71. The third kappa shape index (κ3) is 4.66. The Morgan fingerprint density at radius 3 is 2.24 bits per heavy atom. The Kier molecular flexibility index (Phi) is 6.41. The van der Waals surface area contributed by atoms with E-state index in [1.807, 2.05) is 37.0 Å². The van der Waals surface area contributed by atoms with Crippen molar-refractivity contribution in [2.75, 3.05) is 0 Å². The number of alkyl halides is 1.